The Morgan fingerprint density at radius 3 is 2.39 bits per heavy atom. The number of hydrogen-bond donors (Lipinski definition) is 3. The number of rotatable bonds is 7. The second-order valence-electron chi connectivity index (χ2n) is 6.02. The summed E-state index contributed by atoms with van der Waals surface area (Å²) < 4.78 is 0. The normalized spacial score (nSPS) is 11.6. The van der Waals surface area contributed by atoms with Crippen LogP contribution in [0.3, 0.4) is 0 Å². The number of thiophene rings is 1. The number of nitrogens with zero attached hydrogens (tertiary/aromatic N) is 1. The molecule has 1 atom stereocenters. The molecule has 3 aromatic rings. The van der Waals surface area contributed by atoms with Crippen LogP contribution >= 0.6 is 11.3 Å². The minimum Gasteiger partial charge on any atom is -0.477 e. The van der Waals surface area contributed by atoms with E-state index in [4.69, 9.17) is 10.8 Å². The van der Waals surface area contributed by atoms with Gasteiger partial charge in [0.25, 0.3) is 5.91 Å². The van der Waals surface area contributed by atoms with Crippen molar-refractivity contribution in [3.05, 3.63) is 76.8 Å². The minimum atomic E-state index is -0.997. The summed E-state index contributed by atoms with van der Waals surface area (Å²) in [4.78, 5) is 40.3. The summed E-state index contributed by atoms with van der Waals surface area (Å²) in [6, 6.07) is 14.8. The molecule has 3 rings (SSSR count). The predicted molar refractivity (Wildman–Crippen MR) is 105 cm³/mol. The Morgan fingerprint density at radius 1 is 1.07 bits per heavy atom. The van der Waals surface area contributed by atoms with E-state index in [-0.39, 0.29) is 10.4 Å². The second kappa shape index (κ2) is 8.45. The van der Waals surface area contributed by atoms with Crippen molar-refractivity contribution in [2.24, 2.45) is 5.73 Å². The van der Waals surface area contributed by atoms with Crippen LogP contribution in [-0.4, -0.2) is 33.9 Å². The third-order valence-corrected chi connectivity index (χ3v) is 5.12. The highest BCUT2D eigenvalue weighted by molar-refractivity contribution is 7.17. The summed E-state index contributed by atoms with van der Waals surface area (Å²) in [5.74, 6) is -2.08. The van der Waals surface area contributed by atoms with Crippen molar-refractivity contribution in [1.29, 1.82) is 0 Å². The molecule has 28 heavy (non-hydrogen) atoms. The van der Waals surface area contributed by atoms with Gasteiger partial charge >= 0.3 is 5.97 Å². The first kappa shape index (κ1) is 19.2. The number of primary amides is 1. The van der Waals surface area contributed by atoms with Gasteiger partial charge in [0.15, 0.2) is 0 Å². The summed E-state index contributed by atoms with van der Waals surface area (Å²) in [5.41, 5.74) is 7.14. The van der Waals surface area contributed by atoms with E-state index in [1.165, 1.54) is 12.3 Å². The molecule has 0 aliphatic heterocycles. The van der Waals surface area contributed by atoms with Crippen molar-refractivity contribution >= 4 is 29.1 Å². The van der Waals surface area contributed by atoms with Gasteiger partial charge in [-0.2, -0.15) is 0 Å². The molecule has 0 unspecified atom stereocenters. The zero-order valence-electron chi connectivity index (χ0n) is 14.7. The number of aromatic nitrogens is 1. The molecular formula is C20H17N3O4S. The maximum atomic E-state index is 12.5. The largest absolute Gasteiger partial charge is 0.477 e. The van der Waals surface area contributed by atoms with Crippen LogP contribution in [0.15, 0.2) is 60.8 Å². The molecule has 4 N–H and O–H groups in total. The predicted octanol–water partition coefficient (Wildman–Crippen LogP) is 2.33. The number of pyridine rings is 1. The number of aromatic carboxylic acids is 1. The molecule has 0 aliphatic carbocycles. The molecule has 142 valence electrons. The van der Waals surface area contributed by atoms with Crippen molar-refractivity contribution in [2.75, 3.05) is 0 Å². The van der Waals surface area contributed by atoms with E-state index < -0.39 is 23.8 Å². The van der Waals surface area contributed by atoms with E-state index in [0.717, 1.165) is 16.9 Å². The third-order valence-electron chi connectivity index (χ3n) is 4.03. The summed E-state index contributed by atoms with van der Waals surface area (Å²) in [6.45, 7) is 0. The maximum Gasteiger partial charge on any atom is 0.345 e. The number of carbonyl (C=O) groups excluding carboxylic acids is 2. The molecule has 1 aromatic carbocycles. The Balaban J connectivity index is 1.70. The van der Waals surface area contributed by atoms with Gasteiger partial charge in [-0.15, -0.1) is 11.3 Å². The van der Waals surface area contributed by atoms with Gasteiger partial charge in [-0.25, -0.2) is 4.79 Å². The molecule has 2 amide bonds. The highest BCUT2D eigenvalue weighted by Crippen LogP contribution is 2.26. The molecular weight excluding hydrogens is 378 g/mol. The lowest BCUT2D eigenvalue weighted by Gasteiger charge is -2.15. The number of hydrogen-bond acceptors (Lipinski definition) is 5. The second-order valence-corrected chi connectivity index (χ2v) is 7.10. The lowest BCUT2D eigenvalue weighted by molar-refractivity contribution is -0.119. The Morgan fingerprint density at radius 2 is 1.82 bits per heavy atom. The summed E-state index contributed by atoms with van der Waals surface area (Å²) in [6.07, 6.45) is 1.67. The van der Waals surface area contributed by atoms with Gasteiger partial charge < -0.3 is 16.2 Å². The van der Waals surface area contributed by atoms with E-state index >= 15 is 0 Å². The van der Waals surface area contributed by atoms with E-state index in [1.807, 2.05) is 30.3 Å². The molecule has 0 spiro atoms. The van der Waals surface area contributed by atoms with Gasteiger partial charge in [0.1, 0.15) is 10.9 Å². The first-order chi connectivity index (χ1) is 13.4. The van der Waals surface area contributed by atoms with Crippen molar-refractivity contribution in [3.63, 3.8) is 0 Å². The Hall–Kier alpha value is -3.52. The number of carboxylic acids is 1. The molecule has 7 nitrogen and oxygen atoms in total. The van der Waals surface area contributed by atoms with Crippen LogP contribution in [0, 0.1) is 0 Å². The summed E-state index contributed by atoms with van der Waals surface area (Å²) >= 11 is 1.10. The van der Waals surface area contributed by atoms with E-state index in [1.54, 1.807) is 18.2 Å². The SMILES string of the molecule is NC(=O)[C@H](Cc1ccccc1)NC(=O)c1ccc(-c2ccc(C(=O)O)s2)nc1. The van der Waals surface area contributed by atoms with E-state index in [0.29, 0.717) is 17.0 Å². The van der Waals surface area contributed by atoms with Gasteiger partial charge in [-0.3, -0.25) is 14.6 Å². The average Bonchev–Trinajstić information content (AvgIpc) is 3.19. The molecule has 0 radical (unpaired) electrons. The maximum absolute atomic E-state index is 12.5. The molecule has 8 heteroatoms. The van der Waals surface area contributed by atoms with Crippen LogP contribution in [0.25, 0.3) is 10.6 Å². The van der Waals surface area contributed by atoms with E-state index in [9.17, 15) is 14.4 Å². The molecule has 0 saturated carbocycles. The first-order valence-electron chi connectivity index (χ1n) is 8.37. The van der Waals surface area contributed by atoms with Crippen molar-refractivity contribution < 1.29 is 19.5 Å². The number of amides is 2. The van der Waals surface area contributed by atoms with Gasteiger partial charge in [0.2, 0.25) is 5.91 Å². The average molecular weight is 395 g/mol. The van der Waals surface area contributed by atoms with Crippen LogP contribution in [0.5, 0.6) is 0 Å². The highest BCUT2D eigenvalue weighted by atomic mass is 32.1. The zero-order valence-corrected chi connectivity index (χ0v) is 15.5. The fourth-order valence-electron chi connectivity index (χ4n) is 2.58. The number of nitrogens with one attached hydrogen (secondary N) is 1. The summed E-state index contributed by atoms with van der Waals surface area (Å²) in [5, 5.41) is 11.6. The smallest absolute Gasteiger partial charge is 0.345 e. The van der Waals surface area contributed by atoms with E-state index in [2.05, 4.69) is 10.3 Å². The summed E-state index contributed by atoms with van der Waals surface area (Å²) in [7, 11) is 0. The molecule has 2 heterocycles. The molecule has 0 aliphatic rings. The van der Waals surface area contributed by atoms with Crippen LogP contribution < -0.4 is 11.1 Å². The zero-order chi connectivity index (χ0) is 20.1. The van der Waals surface area contributed by atoms with Crippen molar-refractivity contribution in [1.82, 2.24) is 10.3 Å². The number of carbonyl (C=O) groups is 3. The quantitative estimate of drug-likeness (QED) is 0.567. The standard InChI is InChI=1S/C20H17N3O4S/c21-18(24)15(10-12-4-2-1-3-5-12)23-19(25)13-6-7-14(22-11-13)16-8-9-17(28-16)20(26)27/h1-9,11,15H,10H2,(H2,21,24)(H,23,25)(H,26,27)/t15-/m0/s1. The number of benzene rings is 1. The van der Waals surface area contributed by atoms with Gasteiger partial charge in [0.05, 0.1) is 16.1 Å². The van der Waals surface area contributed by atoms with Crippen LogP contribution in [0.1, 0.15) is 25.6 Å². The van der Waals surface area contributed by atoms with Crippen molar-refractivity contribution in [2.45, 2.75) is 12.5 Å². The van der Waals surface area contributed by atoms with Gasteiger partial charge in [-0.1, -0.05) is 30.3 Å². The Labute approximate surface area is 164 Å². The molecule has 0 saturated heterocycles. The highest BCUT2D eigenvalue weighted by Gasteiger charge is 2.20. The molecule has 0 bridgehead atoms. The van der Waals surface area contributed by atoms with Crippen LogP contribution in [0.2, 0.25) is 0 Å². The van der Waals surface area contributed by atoms with Gasteiger partial charge in [0, 0.05) is 12.6 Å². The molecule has 2 aromatic heterocycles. The van der Waals surface area contributed by atoms with Gasteiger partial charge in [-0.05, 0) is 29.8 Å². The van der Waals surface area contributed by atoms with Crippen LogP contribution in [-0.2, 0) is 11.2 Å². The lowest BCUT2D eigenvalue weighted by Crippen LogP contribution is -2.45. The minimum absolute atomic E-state index is 0.212. The topological polar surface area (TPSA) is 122 Å². The third kappa shape index (κ3) is 4.60. The fourth-order valence-corrected chi connectivity index (χ4v) is 3.40. The monoisotopic (exact) mass is 395 g/mol. The van der Waals surface area contributed by atoms with Crippen molar-refractivity contribution in [3.8, 4) is 10.6 Å². The molecule has 0 fully saturated rings. The first-order valence-corrected chi connectivity index (χ1v) is 9.19. The Bertz CT molecular complexity index is 1000. The Kier molecular flexibility index (Phi) is 5.81. The fraction of sp³-hybridized carbons (Fsp3) is 0.100. The number of nitrogens with two attached hydrogens (primary N) is 1. The van der Waals surface area contributed by atoms with Crippen LogP contribution in [0.4, 0.5) is 0 Å². The lowest BCUT2D eigenvalue weighted by atomic mass is 10.1. The number of carboxylic acid groups (broad SMARTS) is 1.